The van der Waals surface area contributed by atoms with Gasteiger partial charge in [-0.25, -0.2) is 0 Å². The van der Waals surface area contributed by atoms with Crippen molar-refractivity contribution in [3.05, 3.63) is 47.5 Å². The van der Waals surface area contributed by atoms with Gasteiger partial charge in [0.05, 0.1) is 0 Å². The minimum absolute atomic E-state index is 0.142. The van der Waals surface area contributed by atoms with E-state index < -0.39 is 36.0 Å². The third-order valence-corrected chi connectivity index (χ3v) is 5.52. The van der Waals surface area contributed by atoms with Crippen molar-refractivity contribution in [3.63, 3.8) is 0 Å². The normalized spacial score (nSPS) is 28.9. The topological polar surface area (TPSA) is 89.5 Å². The van der Waals surface area contributed by atoms with Crippen LogP contribution in [-0.2, 0) is 19.1 Å². The predicted octanol–water partition coefficient (Wildman–Crippen LogP) is 2.27. The van der Waals surface area contributed by atoms with Crippen molar-refractivity contribution in [1.82, 2.24) is 0 Å². The molecule has 8 nitrogen and oxygen atoms in total. The summed E-state index contributed by atoms with van der Waals surface area (Å²) in [5.74, 6) is 0.0223. The number of esters is 2. The van der Waals surface area contributed by atoms with Crippen LogP contribution in [0.2, 0.25) is 0 Å². The SMILES string of the molecule is O=C1O[C@@H](c2ccc3c(c2)OCO3)[C@@H]2C(=O)O[C@@H](c3ccc4c(c3)OCO4)[C@H]12. The Morgan fingerprint density at radius 1 is 0.607 bits per heavy atom. The van der Waals surface area contributed by atoms with Crippen molar-refractivity contribution in [2.75, 3.05) is 13.6 Å². The summed E-state index contributed by atoms with van der Waals surface area (Å²) in [6.07, 6.45) is -1.45. The molecule has 0 aromatic heterocycles. The van der Waals surface area contributed by atoms with Crippen LogP contribution in [0.25, 0.3) is 0 Å². The molecular formula is C20H14O8. The molecule has 2 saturated heterocycles. The van der Waals surface area contributed by atoms with Crippen LogP contribution in [0.15, 0.2) is 36.4 Å². The number of ether oxygens (including phenoxy) is 6. The molecule has 142 valence electrons. The van der Waals surface area contributed by atoms with Crippen LogP contribution in [0.3, 0.4) is 0 Å². The largest absolute Gasteiger partial charge is 0.456 e. The van der Waals surface area contributed by atoms with Crippen LogP contribution in [0.4, 0.5) is 0 Å². The van der Waals surface area contributed by atoms with Gasteiger partial charge >= 0.3 is 11.9 Å². The Hall–Kier alpha value is -3.42. The molecule has 0 saturated carbocycles. The van der Waals surface area contributed by atoms with Gasteiger partial charge in [-0.3, -0.25) is 9.59 Å². The Bertz CT molecular complexity index is 934. The number of cyclic esters (lactones) is 2. The summed E-state index contributed by atoms with van der Waals surface area (Å²) in [5, 5.41) is 0. The summed E-state index contributed by atoms with van der Waals surface area (Å²) in [6, 6.07) is 10.5. The van der Waals surface area contributed by atoms with Crippen molar-refractivity contribution < 1.29 is 38.0 Å². The minimum Gasteiger partial charge on any atom is -0.456 e. The Kier molecular flexibility index (Phi) is 3.09. The molecule has 28 heavy (non-hydrogen) atoms. The monoisotopic (exact) mass is 382 g/mol. The molecule has 0 radical (unpaired) electrons. The van der Waals surface area contributed by atoms with E-state index in [1.807, 2.05) is 0 Å². The molecule has 4 heterocycles. The Morgan fingerprint density at radius 2 is 1.04 bits per heavy atom. The van der Waals surface area contributed by atoms with Gasteiger partial charge in [-0.15, -0.1) is 0 Å². The number of fused-ring (bicyclic) bond motifs is 3. The molecule has 0 spiro atoms. The molecule has 0 aliphatic carbocycles. The average molecular weight is 382 g/mol. The number of benzene rings is 2. The summed E-state index contributed by atoms with van der Waals surface area (Å²) >= 11 is 0. The van der Waals surface area contributed by atoms with Gasteiger partial charge in [0.1, 0.15) is 24.0 Å². The Morgan fingerprint density at radius 3 is 1.50 bits per heavy atom. The Labute approximate surface area is 158 Å². The van der Waals surface area contributed by atoms with Crippen LogP contribution in [0.5, 0.6) is 23.0 Å². The highest BCUT2D eigenvalue weighted by Gasteiger charge is 2.60. The first-order valence-corrected chi connectivity index (χ1v) is 8.89. The smallest absolute Gasteiger partial charge is 0.314 e. The van der Waals surface area contributed by atoms with Gasteiger partial charge in [-0.05, 0) is 35.4 Å². The van der Waals surface area contributed by atoms with Crippen LogP contribution in [-0.4, -0.2) is 25.5 Å². The lowest BCUT2D eigenvalue weighted by atomic mass is 9.84. The summed E-state index contributed by atoms with van der Waals surface area (Å²) in [5.41, 5.74) is 1.35. The minimum atomic E-state index is -0.724. The zero-order valence-electron chi connectivity index (χ0n) is 14.5. The second kappa shape index (κ2) is 5.54. The van der Waals surface area contributed by atoms with Crippen molar-refractivity contribution in [3.8, 4) is 23.0 Å². The predicted molar refractivity (Wildman–Crippen MR) is 89.8 cm³/mol. The first-order chi connectivity index (χ1) is 13.7. The van der Waals surface area contributed by atoms with Gasteiger partial charge in [-0.1, -0.05) is 12.1 Å². The summed E-state index contributed by atoms with van der Waals surface area (Å²) < 4.78 is 32.6. The highest BCUT2D eigenvalue weighted by molar-refractivity contribution is 5.89. The van der Waals surface area contributed by atoms with Crippen LogP contribution < -0.4 is 18.9 Å². The van der Waals surface area contributed by atoms with E-state index >= 15 is 0 Å². The van der Waals surface area contributed by atoms with E-state index in [0.717, 1.165) is 0 Å². The van der Waals surface area contributed by atoms with E-state index in [2.05, 4.69) is 0 Å². The molecular weight excluding hydrogens is 368 g/mol. The average Bonchev–Trinajstić information content (AvgIpc) is 3.46. The van der Waals surface area contributed by atoms with Gasteiger partial charge in [0.2, 0.25) is 13.6 Å². The molecule has 4 aliphatic rings. The third kappa shape index (κ3) is 2.11. The van der Waals surface area contributed by atoms with Crippen molar-refractivity contribution in [2.45, 2.75) is 12.2 Å². The molecule has 2 aromatic rings. The van der Waals surface area contributed by atoms with Crippen LogP contribution >= 0.6 is 0 Å². The second-order valence-corrected chi connectivity index (χ2v) is 6.99. The molecule has 0 N–H and O–H groups in total. The second-order valence-electron chi connectivity index (χ2n) is 6.99. The van der Waals surface area contributed by atoms with E-state index in [4.69, 9.17) is 28.4 Å². The number of hydrogen-bond donors (Lipinski definition) is 0. The summed E-state index contributed by atoms with van der Waals surface area (Å²) in [4.78, 5) is 25.3. The maximum Gasteiger partial charge on any atom is 0.314 e. The van der Waals surface area contributed by atoms with E-state index in [1.165, 1.54) is 0 Å². The highest BCUT2D eigenvalue weighted by Crippen LogP contribution is 2.53. The molecule has 4 aliphatic heterocycles. The van der Waals surface area contributed by atoms with Crippen molar-refractivity contribution >= 4 is 11.9 Å². The maximum absolute atomic E-state index is 12.7. The van der Waals surface area contributed by atoms with Gasteiger partial charge in [0, 0.05) is 0 Å². The number of carbonyl (C=O) groups is 2. The number of rotatable bonds is 2. The van der Waals surface area contributed by atoms with Gasteiger partial charge in [0.25, 0.3) is 0 Å². The zero-order chi connectivity index (χ0) is 18.8. The highest BCUT2D eigenvalue weighted by atomic mass is 16.7. The first-order valence-electron chi connectivity index (χ1n) is 8.89. The van der Waals surface area contributed by atoms with Crippen molar-refractivity contribution in [2.24, 2.45) is 11.8 Å². The van der Waals surface area contributed by atoms with E-state index in [1.54, 1.807) is 36.4 Å². The standard InChI is InChI=1S/C20H14O8/c21-19-15-16(18(28-19)10-2-4-12-14(6-10)26-8-24-12)20(22)27-17(15)9-1-3-11-13(5-9)25-7-23-11/h1-6,15-18H,7-8H2/t15-,16-,17+,18+/m1/s1. The third-order valence-electron chi connectivity index (χ3n) is 5.52. The molecule has 2 fully saturated rings. The lowest BCUT2D eigenvalue weighted by molar-refractivity contribution is -0.154. The molecule has 4 atom stereocenters. The summed E-state index contributed by atoms with van der Waals surface area (Å²) in [7, 11) is 0. The first kappa shape index (κ1) is 15.6. The number of hydrogen-bond acceptors (Lipinski definition) is 8. The number of carbonyl (C=O) groups excluding carboxylic acids is 2. The zero-order valence-corrected chi connectivity index (χ0v) is 14.5. The van der Waals surface area contributed by atoms with E-state index in [-0.39, 0.29) is 13.6 Å². The van der Waals surface area contributed by atoms with E-state index in [0.29, 0.717) is 34.1 Å². The van der Waals surface area contributed by atoms with Gasteiger partial charge < -0.3 is 28.4 Å². The summed E-state index contributed by atoms with van der Waals surface area (Å²) in [6.45, 7) is 0.285. The molecule has 2 aromatic carbocycles. The Balaban J connectivity index is 1.35. The molecule has 8 heteroatoms. The van der Waals surface area contributed by atoms with Gasteiger partial charge in [0.15, 0.2) is 23.0 Å². The van der Waals surface area contributed by atoms with Crippen molar-refractivity contribution in [1.29, 1.82) is 0 Å². The molecule has 6 rings (SSSR count). The quantitative estimate of drug-likeness (QED) is 0.731. The van der Waals surface area contributed by atoms with Crippen LogP contribution in [0, 0.1) is 11.8 Å². The molecule has 0 bridgehead atoms. The lowest BCUT2D eigenvalue weighted by Crippen LogP contribution is -2.19. The van der Waals surface area contributed by atoms with Crippen LogP contribution in [0.1, 0.15) is 23.3 Å². The van der Waals surface area contributed by atoms with Gasteiger partial charge in [-0.2, -0.15) is 0 Å². The molecule has 0 unspecified atom stereocenters. The maximum atomic E-state index is 12.7. The fourth-order valence-electron chi connectivity index (χ4n) is 4.20. The van der Waals surface area contributed by atoms with E-state index in [9.17, 15) is 9.59 Å². The fourth-order valence-corrected chi connectivity index (χ4v) is 4.20. The lowest BCUT2D eigenvalue weighted by Gasteiger charge is -2.15. The fraction of sp³-hybridized carbons (Fsp3) is 0.300. The molecule has 0 amide bonds.